The van der Waals surface area contributed by atoms with Gasteiger partial charge in [0, 0.05) is 19.0 Å². The first-order valence-corrected chi connectivity index (χ1v) is 8.85. The number of thiazole rings is 1. The minimum atomic E-state index is -0.185. The Hall–Kier alpha value is -1.77. The van der Waals surface area contributed by atoms with Crippen molar-refractivity contribution in [2.75, 3.05) is 13.1 Å². The van der Waals surface area contributed by atoms with Crippen LogP contribution in [0, 0.1) is 10.7 Å². The molecule has 0 unspecified atom stereocenters. The third-order valence-electron chi connectivity index (χ3n) is 4.44. The third-order valence-corrected chi connectivity index (χ3v) is 5.85. The van der Waals surface area contributed by atoms with Gasteiger partial charge in [0.05, 0.1) is 16.9 Å². The summed E-state index contributed by atoms with van der Waals surface area (Å²) in [5, 5.41) is 4.66. The van der Waals surface area contributed by atoms with Crippen molar-refractivity contribution >= 4 is 44.6 Å². The summed E-state index contributed by atoms with van der Waals surface area (Å²) in [4.78, 5) is 14.4. The van der Waals surface area contributed by atoms with Crippen molar-refractivity contribution in [3.05, 3.63) is 29.0 Å². The number of para-hydroxylation sites is 1. The highest BCUT2D eigenvalue weighted by atomic mass is 32.1. The molecule has 3 heterocycles. The molecule has 0 atom stereocenters. The quantitative estimate of drug-likeness (QED) is 0.738. The fourth-order valence-electron chi connectivity index (χ4n) is 3.13. The number of nitrogens with zero attached hydrogens (tertiary/aromatic N) is 4. The predicted molar refractivity (Wildman–Crippen MR) is 92.9 cm³/mol. The van der Waals surface area contributed by atoms with Crippen molar-refractivity contribution in [2.45, 2.75) is 19.5 Å². The number of hydrogen-bond donors (Lipinski definition) is 1. The van der Waals surface area contributed by atoms with Gasteiger partial charge in [0.15, 0.2) is 0 Å². The van der Waals surface area contributed by atoms with Crippen molar-refractivity contribution in [1.29, 1.82) is 0 Å². The van der Waals surface area contributed by atoms with Gasteiger partial charge < -0.3 is 5.73 Å². The van der Waals surface area contributed by atoms with Crippen molar-refractivity contribution in [3.8, 4) is 0 Å². The van der Waals surface area contributed by atoms with E-state index in [2.05, 4.69) is 22.1 Å². The fourth-order valence-corrected chi connectivity index (χ4v) is 4.49. The number of benzene rings is 1. The maximum Gasteiger partial charge on any atom is 0.220 e. The zero-order chi connectivity index (χ0) is 16.0. The second-order valence-corrected chi connectivity index (χ2v) is 7.28. The minimum Gasteiger partial charge on any atom is -0.369 e. The Kier molecular flexibility index (Phi) is 3.67. The zero-order valence-electron chi connectivity index (χ0n) is 12.5. The van der Waals surface area contributed by atoms with Gasteiger partial charge in [0.1, 0.15) is 0 Å². The van der Waals surface area contributed by atoms with Gasteiger partial charge in [0.25, 0.3) is 0 Å². The van der Waals surface area contributed by atoms with E-state index in [1.54, 1.807) is 11.3 Å². The molecule has 0 radical (unpaired) electrons. The number of amides is 1. The van der Waals surface area contributed by atoms with E-state index in [4.69, 9.17) is 18.0 Å². The summed E-state index contributed by atoms with van der Waals surface area (Å²) in [6.45, 7) is 2.36. The minimum absolute atomic E-state index is 0.00802. The molecule has 4 rings (SSSR count). The van der Waals surface area contributed by atoms with E-state index in [-0.39, 0.29) is 11.8 Å². The molecule has 0 bridgehead atoms. The highest BCUT2D eigenvalue weighted by molar-refractivity contribution is 7.71. The van der Waals surface area contributed by atoms with Crippen molar-refractivity contribution < 1.29 is 4.79 Å². The van der Waals surface area contributed by atoms with Crippen molar-refractivity contribution in [2.24, 2.45) is 11.7 Å². The Morgan fingerprint density at radius 3 is 2.83 bits per heavy atom. The molecule has 8 heteroatoms. The molecule has 1 fully saturated rings. The number of carbonyl (C=O) groups excluding carboxylic acids is 1. The molecule has 6 nitrogen and oxygen atoms in total. The lowest BCUT2D eigenvalue weighted by atomic mass is 9.97. The molecule has 0 saturated carbocycles. The molecule has 23 heavy (non-hydrogen) atoms. The van der Waals surface area contributed by atoms with E-state index in [0.29, 0.717) is 6.67 Å². The second-order valence-electron chi connectivity index (χ2n) is 5.91. The number of aromatic nitrogens is 3. The van der Waals surface area contributed by atoms with Gasteiger partial charge in [-0.15, -0.1) is 5.10 Å². The molecular formula is C15H17N5OS2. The molecule has 2 N–H and O–H groups in total. The van der Waals surface area contributed by atoms with Crippen LogP contribution in [0.3, 0.4) is 0 Å². The van der Waals surface area contributed by atoms with E-state index in [9.17, 15) is 4.79 Å². The molecule has 120 valence electrons. The number of hydrogen-bond acceptors (Lipinski definition) is 5. The van der Waals surface area contributed by atoms with Crippen molar-refractivity contribution in [3.63, 3.8) is 0 Å². The molecule has 3 aromatic rings. The van der Waals surface area contributed by atoms with Crippen LogP contribution in [-0.4, -0.2) is 38.1 Å². The summed E-state index contributed by atoms with van der Waals surface area (Å²) in [5.74, 6) is -0.177. The van der Waals surface area contributed by atoms with Gasteiger partial charge in [-0.2, -0.15) is 0 Å². The molecular weight excluding hydrogens is 330 g/mol. The first-order valence-electron chi connectivity index (χ1n) is 7.62. The fraction of sp³-hybridized carbons (Fsp3) is 0.400. The average Bonchev–Trinajstić information content (AvgIpc) is 3.05. The molecule has 1 aliphatic rings. The summed E-state index contributed by atoms with van der Waals surface area (Å²) in [6.07, 6.45) is 1.63. The van der Waals surface area contributed by atoms with Gasteiger partial charge >= 0.3 is 0 Å². The Morgan fingerprint density at radius 2 is 2.09 bits per heavy atom. The van der Waals surface area contributed by atoms with E-state index < -0.39 is 0 Å². The highest BCUT2D eigenvalue weighted by Gasteiger charge is 2.23. The molecule has 1 amide bonds. The molecule has 1 saturated heterocycles. The van der Waals surface area contributed by atoms with E-state index >= 15 is 0 Å². The lowest BCUT2D eigenvalue weighted by Gasteiger charge is -2.29. The van der Waals surface area contributed by atoms with Gasteiger partial charge in [-0.25, -0.2) is 4.68 Å². The molecule has 1 aromatic carbocycles. The summed E-state index contributed by atoms with van der Waals surface area (Å²) in [7, 11) is 0. The molecule has 0 aliphatic carbocycles. The van der Waals surface area contributed by atoms with Gasteiger partial charge in [-0.3, -0.25) is 14.1 Å². The summed E-state index contributed by atoms with van der Waals surface area (Å²) in [6, 6.07) is 8.20. The normalized spacial score (nSPS) is 17.2. The number of rotatable bonds is 3. The molecule has 1 aliphatic heterocycles. The van der Waals surface area contributed by atoms with Crippen LogP contribution in [0.5, 0.6) is 0 Å². The van der Waals surface area contributed by atoms with Crippen LogP contribution in [0.15, 0.2) is 24.3 Å². The maximum absolute atomic E-state index is 11.2. The van der Waals surface area contributed by atoms with Crippen LogP contribution in [0.1, 0.15) is 12.8 Å². The monoisotopic (exact) mass is 347 g/mol. The van der Waals surface area contributed by atoms with Crippen LogP contribution >= 0.6 is 23.6 Å². The Bertz CT molecular complexity index is 932. The van der Waals surface area contributed by atoms with Crippen molar-refractivity contribution in [1.82, 2.24) is 19.1 Å². The molecule has 0 spiro atoms. The van der Waals surface area contributed by atoms with E-state index in [1.165, 1.54) is 4.70 Å². The Morgan fingerprint density at radius 1 is 1.35 bits per heavy atom. The standard InChI is InChI=1S/C15H17N5OS2/c16-13(21)10-5-7-18(8-6-10)9-19-15(22)20-11-3-1-2-4-12(11)23-14(20)17-19/h1-4,10H,5-9H2,(H2,16,21). The smallest absolute Gasteiger partial charge is 0.220 e. The topological polar surface area (TPSA) is 68.6 Å². The summed E-state index contributed by atoms with van der Waals surface area (Å²) < 4.78 is 5.81. The number of fused-ring (bicyclic) bond motifs is 3. The number of nitrogens with two attached hydrogens (primary N) is 1. The largest absolute Gasteiger partial charge is 0.369 e. The van der Waals surface area contributed by atoms with E-state index in [1.807, 2.05) is 21.2 Å². The highest BCUT2D eigenvalue weighted by Crippen LogP contribution is 2.26. The number of piperidine rings is 1. The van der Waals surface area contributed by atoms with Crippen LogP contribution < -0.4 is 5.73 Å². The van der Waals surface area contributed by atoms with Gasteiger partial charge in [0.2, 0.25) is 15.6 Å². The Labute approximate surface area is 142 Å². The summed E-state index contributed by atoms with van der Waals surface area (Å²) in [5.41, 5.74) is 6.49. The first-order chi connectivity index (χ1) is 11.1. The number of likely N-dealkylation sites (tertiary alicyclic amines) is 1. The van der Waals surface area contributed by atoms with Crippen LogP contribution in [0.2, 0.25) is 0 Å². The number of primary amides is 1. The SMILES string of the molecule is NC(=O)C1CCN(Cn2nc3sc4ccccc4n3c2=S)CC1. The third kappa shape index (κ3) is 2.56. The zero-order valence-corrected chi connectivity index (χ0v) is 14.1. The molecule has 2 aromatic heterocycles. The summed E-state index contributed by atoms with van der Waals surface area (Å²) >= 11 is 7.26. The van der Waals surface area contributed by atoms with Crippen LogP contribution in [-0.2, 0) is 11.5 Å². The van der Waals surface area contributed by atoms with Crippen LogP contribution in [0.25, 0.3) is 15.2 Å². The van der Waals surface area contributed by atoms with Crippen LogP contribution in [0.4, 0.5) is 0 Å². The Balaban J connectivity index is 1.59. The maximum atomic E-state index is 11.2. The average molecular weight is 347 g/mol. The lowest BCUT2D eigenvalue weighted by Crippen LogP contribution is -2.39. The van der Waals surface area contributed by atoms with Gasteiger partial charge in [-0.1, -0.05) is 23.5 Å². The lowest BCUT2D eigenvalue weighted by molar-refractivity contribution is -0.123. The predicted octanol–water partition coefficient (Wildman–Crippen LogP) is 2.23. The van der Waals surface area contributed by atoms with Gasteiger partial charge in [-0.05, 0) is 37.2 Å². The number of carbonyl (C=O) groups is 1. The second kappa shape index (κ2) is 5.70. The van der Waals surface area contributed by atoms with E-state index in [0.717, 1.165) is 41.2 Å². The first kappa shape index (κ1) is 14.8.